The highest BCUT2D eigenvalue weighted by atomic mass is 16.5. The first-order chi connectivity index (χ1) is 14.1. The van der Waals surface area contributed by atoms with Crippen molar-refractivity contribution in [2.45, 2.75) is 25.9 Å². The normalized spacial score (nSPS) is 16.1. The Labute approximate surface area is 168 Å². The highest BCUT2D eigenvalue weighted by molar-refractivity contribution is 5.95. The molecular weight excluding hydrogens is 370 g/mol. The molecule has 150 valence electrons. The Morgan fingerprint density at radius 1 is 1.24 bits per heavy atom. The zero-order valence-electron chi connectivity index (χ0n) is 16.2. The van der Waals surface area contributed by atoms with Gasteiger partial charge in [0.15, 0.2) is 6.61 Å². The van der Waals surface area contributed by atoms with Crippen LogP contribution in [0.5, 0.6) is 0 Å². The lowest BCUT2D eigenvalue weighted by molar-refractivity contribution is -0.124. The predicted octanol–water partition coefficient (Wildman–Crippen LogP) is 2.99. The largest absolute Gasteiger partial charge is 0.452 e. The second-order valence-corrected chi connectivity index (χ2v) is 7.20. The number of carbonyl (C=O) groups excluding carboxylic acids is 2. The molecule has 0 saturated carbocycles. The van der Waals surface area contributed by atoms with Crippen LogP contribution < -0.4 is 5.32 Å². The first-order valence-electron chi connectivity index (χ1n) is 9.71. The lowest BCUT2D eigenvalue weighted by Crippen LogP contribution is -2.34. The Bertz CT molecular complexity index is 1020. The summed E-state index contributed by atoms with van der Waals surface area (Å²) in [7, 11) is 0. The number of carbonyl (C=O) groups is 2. The lowest BCUT2D eigenvalue weighted by atomic mass is 10.1. The highest BCUT2D eigenvalue weighted by Gasteiger charge is 2.17. The summed E-state index contributed by atoms with van der Waals surface area (Å²) in [5.41, 5.74) is 4.00. The summed E-state index contributed by atoms with van der Waals surface area (Å²) >= 11 is 0. The van der Waals surface area contributed by atoms with Gasteiger partial charge in [-0.3, -0.25) is 4.79 Å². The third-order valence-corrected chi connectivity index (χ3v) is 4.93. The number of aryl methyl sites for hydroxylation is 1. The van der Waals surface area contributed by atoms with Crippen molar-refractivity contribution in [3.8, 4) is 11.4 Å². The Morgan fingerprint density at radius 3 is 2.83 bits per heavy atom. The van der Waals surface area contributed by atoms with Gasteiger partial charge in [-0.05, 0) is 38.0 Å². The number of benzene rings is 2. The smallest absolute Gasteiger partial charge is 0.338 e. The summed E-state index contributed by atoms with van der Waals surface area (Å²) < 4.78 is 10.6. The Morgan fingerprint density at radius 2 is 2.07 bits per heavy atom. The van der Waals surface area contributed by atoms with E-state index in [0.29, 0.717) is 12.1 Å². The van der Waals surface area contributed by atoms with Crippen LogP contribution in [0.25, 0.3) is 22.4 Å². The average Bonchev–Trinajstić information content (AvgIpc) is 3.40. The summed E-state index contributed by atoms with van der Waals surface area (Å²) in [6.45, 7) is 2.89. The minimum Gasteiger partial charge on any atom is -0.452 e. The van der Waals surface area contributed by atoms with Crippen LogP contribution in [0.15, 0.2) is 42.5 Å². The van der Waals surface area contributed by atoms with Gasteiger partial charge in [0.05, 0.1) is 22.7 Å². The van der Waals surface area contributed by atoms with Crippen LogP contribution in [-0.2, 0) is 14.3 Å². The topological polar surface area (TPSA) is 93.3 Å². The molecule has 1 aliphatic rings. The number of hydrogen-bond acceptors (Lipinski definition) is 5. The zero-order valence-corrected chi connectivity index (χ0v) is 16.2. The molecule has 1 atom stereocenters. The number of nitrogens with one attached hydrogen (secondary N) is 2. The van der Waals surface area contributed by atoms with E-state index < -0.39 is 5.97 Å². The number of nitrogens with zero attached hydrogens (tertiary/aromatic N) is 1. The number of imidazole rings is 1. The number of hydrogen-bond donors (Lipinski definition) is 2. The number of amides is 1. The number of esters is 1. The molecule has 2 N–H and O–H groups in total. The van der Waals surface area contributed by atoms with Crippen LogP contribution in [0.3, 0.4) is 0 Å². The van der Waals surface area contributed by atoms with Crippen LogP contribution in [0.2, 0.25) is 0 Å². The summed E-state index contributed by atoms with van der Waals surface area (Å²) in [5, 5.41) is 2.73. The van der Waals surface area contributed by atoms with Crippen molar-refractivity contribution < 1.29 is 19.1 Å². The number of aromatic nitrogens is 2. The van der Waals surface area contributed by atoms with Crippen molar-refractivity contribution in [1.82, 2.24) is 15.3 Å². The zero-order chi connectivity index (χ0) is 20.2. The van der Waals surface area contributed by atoms with E-state index in [1.165, 1.54) is 5.56 Å². The SMILES string of the molecule is Cc1ccc(-c2nc3ccc(C(=O)OCC(=O)NCC4CCCO4)cc3[nH]2)cc1. The van der Waals surface area contributed by atoms with Crippen molar-refractivity contribution >= 4 is 22.9 Å². The van der Waals surface area contributed by atoms with Gasteiger partial charge in [-0.25, -0.2) is 9.78 Å². The predicted molar refractivity (Wildman–Crippen MR) is 109 cm³/mol. The van der Waals surface area contributed by atoms with Crippen molar-refractivity contribution in [3.05, 3.63) is 53.6 Å². The molecule has 1 aliphatic heterocycles. The Balaban J connectivity index is 1.37. The van der Waals surface area contributed by atoms with E-state index in [4.69, 9.17) is 9.47 Å². The molecule has 0 spiro atoms. The van der Waals surface area contributed by atoms with Crippen molar-refractivity contribution in [2.24, 2.45) is 0 Å². The van der Waals surface area contributed by atoms with Gasteiger partial charge in [-0.15, -0.1) is 0 Å². The summed E-state index contributed by atoms with van der Waals surface area (Å²) in [4.78, 5) is 32.0. The van der Waals surface area contributed by atoms with E-state index >= 15 is 0 Å². The van der Waals surface area contributed by atoms with Crippen LogP contribution >= 0.6 is 0 Å². The molecule has 3 aromatic rings. The number of aromatic amines is 1. The fourth-order valence-corrected chi connectivity index (χ4v) is 3.28. The molecular formula is C22H23N3O4. The van der Waals surface area contributed by atoms with Gasteiger partial charge in [0.2, 0.25) is 0 Å². The molecule has 4 rings (SSSR count). The molecule has 2 aromatic carbocycles. The highest BCUT2D eigenvalue weighted by Crippen LogP contribution is 2.22. The first-order valence-corrected chi connectivity index (χ1v) is 9.71. The first kappa shape index (κ1) is 19.1. The second kappa shape index (κ2) is 8.45. The van der Waals surface area contributed by atoms with Gasteiger partial charge in [0, 0.05) is 18.7 Å². The molecule has 7 heteroatoms. The molecule has 1 unspecified atom stereocenters. The van der Waals surface area contributed by atoms with Gasteiger partial charge >= 0.3 is 5.97 Å². The van der Waals surface area contributed by atoms with Gasteiger partial charge in [0.25, 0.3) is 5.91 Å². The fraction of sp³-hybridized carbons (Fsp3) is 0.318. The fourth-order valence-electron chi connectivity index (χ4n) is 3.28. The van der Waals surface area contributed by atoms with Crippen LogP contribution in [0.1, 0.15) is 28.8 Å². The third kappa shape index (κ3) is 4.63. The van der Waals surface area contributed by atoms with Crippen molar-refractivity contribution in [2.75, 3.05) is 19.8 Å². The summed E-state index contributed by atoms with van der Waals surface area (Å²) in [5.74, 6) is -0.150. The second-order valence-electron chi connectivity index (χ2n) is 7.20. The maximum atomic E-state index is 12.3. The van der Waals surface area contributed by atoms with Gasteiger partial charge in [-0.1, -0.05) is 29.8 Å². The van der Waals surface area contributed by atoms with Gasteiger partial charge < -0.3 is 19.8 Å². The van der Waals surface area contributed by atoms with Crippen LogP contribution in [-0.4, -0.2) is 47.7 Å². The van der Waals surface area contributed by atoms with Gasteiger partial charge in [-0.2, -0.15) is 0 Å². The van der Waals surface area contributed by atoms with E-state index in [1.807, 2.05) is 31.2 Å². The van der Waals surface area contributed by atoms with E-state index in [9.17, 15) is 9.59 Å². The molecule has 2 heterocycles. The number of fused-ring (bicyclic) bond motifs is 1. The van der Waals surface area contributed by atoms with Crippen molar-refractivity contribution in [3.63, 3.8) is 0 Å². The number of H-pyrrole nitrogens is 1. The lowest BCUT2D eigenvalue weighted by Gasteiger charge is -2.11. The van der Waals surface area contributed by atoms with E-state index in [0.717, 1.165) is 41.9 Å². The Hall–Kier alpha value is -3.19. The minimum atomic E-state index is -0.550. The molecule has 1 fully saturated rings. The number of rotatable bonds is 6. The molecule has 0 aliphatic carbocycles. The van der Waals surface area contributed by atoms with E-state index in [1.54, 1.807) is 18.2 Å². The molecule has 0 radical (unpaired) electrons. The standard InChI is InChI=1S/C22H23N3O4/c1-14-4-6-15(7-5-14)21-24-18-9-8-16(11-19(18)25-21)22(27)29-13-20(26)23-12-17-3-2-10-28-17/h4-9,11,17H,2-3,10,12-13H2,1H3,(H,23,26)(H,24,25). The maximum Gasteiger partial charge on any atom is 0.338 e. The molecule has 1 aromatic heterocycles. The van der Waals surface area contributed by atoms with Crippen LogP contribution in [0, 0.1) is 6.92 Å². The van der Waals surface area contributed by atoms with E-state index in [-0.39, 0.29) is 18.6 Å². The van der Waals surface area contributed by atoms with Crippen LogP contribution in [0.4, 0.5) is 0 Å². The maximum absolute atomic E-state index is 12.3. The van der Waals surface area contributed by atoms with Gasteiger partial charge in [0.1, 0.15) is 5.82 Å². The monoisotopic (exact) mass is 393 g/mol. The molecule has 1 saturated heterocycles. The minimum absolute atomic E-state index is 0.0557. The quantitative estimate of drug-likeness (QED) is 0.628. The van der Waals surface area contributed by atoms with E-state index in [2.05, 4.69) is 15.3 Å². The summed E-state index contributed by atoms with van der Waals surface area (Å²) in [6, 6.07) is 13.1. The molecule has 1 amide bonds. The Kier molecular flexibility index (Phi) is 5.57. The molecule has 7 nitrogen and oxygen atoms in total. The third-order valence-electron chi connectivity index (χ3n) is 4.93. The number of ether oxygens (including phenoxy) is 2. The molecule has 29 heavy (non-hydrogen) atoms. The summed E-state index contributed by atoms with van der Waals surface area (Å²) in [6.07, 6.45) is 2.01. The van der Waals surface area contributed by atoms with Crippen molar-refractivity contribution in [1.29, 1.82) is 0 Å². The average molecular weight is 393 g/mol. The molecule has 0 bridgehead atoms.